The Hall–Kier alpha value is -1.06. The highest BCUT2D eigenvalue weighted by molar-refractivity contribution is 5.85. The van der Waals surface area contributed by atoms with Gasteiger partial charge in [-0.3, -0.25) is 9.59 Å². The fourth-order valence-corrected chi connectivity index (χ4v) is 1.81. The molecule has 0 aromatic carbocycles. The van der Waals surface area contributed by atoms with Gasteiger partial charge in [-0.05, 0) is 18.3 Å². The van der Waals surface area contributed by atoms with Crippen LogP contribution in [-0.4, -0.2) is 35.0 Å². The summed E-state index contributed by atoms with van der Waals surface area (Å²) in [5.41, 5.74) is 0.0710. The summed E-state index contributed by atoms with van der Waals surface area (Å²) in [5.74, 6) is -0.900. The smallest absolute Gasteiger partial charge is 0.323 e. The average Bonchev–Trinajstić information content (AvgIpc) is 2.72. The summed E-state index contributed by atoms with van der Waals surface area (Å²) >= 11 is 0. The first-order chi connectivity index (χ1) is 6.88. The van der Waals surface area contributed by atoms with Gasteiger partial charge in [0.25, 0.3) is 0 Å². The van der Waals surface area contributed by atoms with Crippen LogP contribution >= 0.6 is 0 Å². The summed E-state index contributed by atoms with van der Waals surface area (Å²) < 4.78 is 0. The summed E-state index contributed by atoms with van der Waals surface area (Å²) in [4.78, 5) is 24.0. The van der Waals surface area contributed by atoms with Crippen molar-refractivity contribution in [3.05, 3.63) is 0 Å². The molecule has 1 aliphatic rings. The molecule has 15 heavy (non-hydrogen) atoms. The van der Waals surface area contributed by atoms with E-state index < -0.39 is 5.97 Å². The van der Waals surface area contributed by atoms with Gasteiger partial charge in [0.2, 0.25) is 5.91 Å². The number of aliphatic carboxylic acids is 1. The van der Waals surface area contributed by atoms with Gasteiger partial charge < -0.3 is 10.0 Å². The van der Waals surface area contributed by atoms with E-state index in [2.05, 4.69) is 0 Å². The Bertz CT molecular complexity index is 273. The molecule has 1 N–H and O–H groups in total. The minimum atomic E-state index is -0.935. The van der Waals surface area contributed by atoms with E-state index in [4.69, 9.17) is 5.11 Å². The van der Waals surface area contributed by atoms with Crippen molar-refractivity contribution in [2.75, 3.05) is 13.1 Å². The van der Waals surface area contributed by atoms with Crippen LogP contribution in [-0.2, 0) is 9.59 Å². The standard InChI is InChI=1S/C11H19NO3/c1-4-5-12(7-9(13)14)10(15)8-6-11(8,2)3/h8H,4-7H2,1-3H3,(H,13,14). The Morgan fingerprint density at radius 3 is 2.33 bits per heavy atom. The van der Waals surface area contributed by atoms with Gasteiger partial charge in [-0.1, -0.05) is 20.8 Å². The Labute approximate surface area is 90.3 Å². The van der Waals surface area contributed by atoms with E-state index >= 15 is 0 Å². The summed E-state index contributed by atoms with van der Waals surface area (Å²) in [6.45, 7) is 6.40. The highest BCUT2D eigenvalue weighted by atomic mass is 16.4. The molecular weight excluding hydrogens is 194 g/mol. The zero-order valence-corrected chi connectivity index (χ0v) is 9.62. The van der Waals surface area contributed by atoms with E-state index in [0.717, 1.165) is 12.8 Å². The van der Waals surface area contributed by atoms with Gasteiger partial charge in [0.05, 0.1) is 0 Å². The largest absolute Gasteiger partial charge is 0.480 e. The molecule has 0 aromatic rings. The van der Waals surface area contributed by atoms with Crippen LogP contribution in [0.15, 0.2) is 0 Å². The molecule has 0 bridgehead atoms. The third kappa shape index (κ3) is 2.94. The Morgan fingerprint density at radius 1 is 1.47 bits per heavy atom. The number of hydrogen-bond acceptors (Lipinski definition) is 2. The summed E-state index contributed by atoms with van der Waals surface area (Å²) in [7, 11) is 0. The minimum absolute atomic E-state index is 0.00394. The maximum Gasteiger partial charge on any atom is 0.323 e. The van der Waals surface area contributed by atoms with Crippen molar-refractivity contribution in [2.24, 2.45) is 11.3 Å². The molecule has 1 rings (SSSR count). The predicted molar refractivity (Wildman–Crippen MR) is 56.4 cm³/mol. The summed E-state index contributed by atoms with van der Waals surface area (Å²) in [6.07, 6.45) is 1.68. The van der Waals surface area contributed by atoms with Crippen molar-refractivity contribution < 1.29 is 14.7 Å². The molecule has 0 saturated heterocycles. The third-order valence-electron chi connectivity index (χ3n) is 2.94. The van der Waals surface area contributed by atoms with Gasteiger partial charge >= 0.3 is 5.97 Å². The van der Waals surface area contributed by atoms with Crippen molar-refractivity contribution in [1.29, 1.82) is 0 Å². The zero-order valence-electron chi connectivity index (χ0n) is 9.62. The number of hydrogen-bond donors (Lipinski definition) is 1. The van der Waals surface area contributed by atoms with Crippen LogP contribution in [0.2, 0.25) is 0 Å². The normalized spacial score (nSPS) is 22.2. The lowest BCUT2D eigenvalue weighted by Gasteiger charge is -2.20. The van der Waals surface area contributed by atoms with E-state index in [-0.39, 0.29) is 23.8 Å². The molecule has 1 saturated carbocycles. The number of amides is 1. The molecule has 0 heterocycles. The minimum Gasteiger partial charge on any atom is -0.480 e. The fourth-order valence-electron chi connectivity index (χ4n) is 1.81. The molecule has 0 spiro atoms. The first-order valence-corrected chi connectivity index (χ1v) is 5.39. The van der Waals surface area contributed by atoms with E-state index in [9.17, 15) is 9.59 Å². The molecule has 0 radical (unpaired) electrons. The van der Waals surface area contributed by atoms with Gasteiger partial charge in [-0.15, -0.1) is 0 Å². The number of carbonyl (C=O) groups excluding carboxylic acids is 1. The molecule has 1 atom stereocenters. The lowest BCUT2D eigenvalue weighted by molar-refractivity contribution is -0.145. The predicted octanol–water partition coefficient (Wildman–Crippen LogP) is 1.36. The number of carboxylic acids is 1. The highest BCUT2D eigenvalue weighted by Crippen LogP contribution is 2.52. The second-order valence-electron chi connectivity index (χ2n) is 4.90. The molecule has 1 aliphatic carbocycles. The quantitative estimate of drug-likeness (QED) is 0.750. The third-order valence-corrected chi connectivity index (χ3v) is 2.94. The van der Waals surface area contributed by atoms with Crippen molar-refractivity contribution in [3.8, 4) is 0 Å². The molecule has 1 amide bonds. The highest BCUT2D eigenvalue weighted by Gasteiger charge is 2.51. The van der Waals surface area contributed by atoms with Crippen LogP contribution in [0.4, 0.5) is 0 Å². The van der Waals surface area contributed by atoms with E-state index in [0.29, 0.717) is 6.54 Å². The monoisotopic (exact) mass is 213 g/mol. The maximum atomic E-state index is 11.9. The average molecular weight is 213 g/mol. The number of carboxylic acid groups (broad SMARTS) is 1. The van der Waals surface area contributed by atoms with Gasteiger partial charge in [-0.25, -0.2) is 0 Å². The van der Waals surface area contributed by atoms with Crippen LogP contribution in [0.5, 0.6) is 0 Å². The van der Waals surface area contributed by atoms with Gasteiger partial charge in [0, 0.05) is 12.5 Å². The molecule has 1 fully saturated rings. The van der Waals surface area contributed by atoms with Crippen molar-refractivity contribution in [1.82, 2.24) is 4.90 Å². The molecule has 0 aromatic heterocycles. The fraction of sp³-hybridized carbons (Fsp3) is 0.818. The Morgan fingerprint density at radius 2 is 2.00 bits per heavy atom. The first-order valence-electron chi connectivity index (χ1n) is 5.39. The summed E-state index contributed by atoms with van der Waals surface area (Å²) in [6, 6.07) is 0. The number of rotatable bonds is 5. The van der Waals surface area contributed by atoms with Crippen LogP contribution in [0.25, 0.3) is 0 Å². The van der Waals surface area contributed by atoms with Gasteiger partial charge in [0.1, 0.15) is 6.54 Å². The molecule has 86 valence electrons. The van der Waals surface area contributed by atoms with Crippen LogP contribution in [0.3, 0.4) is 0 Å². The molecular formula is C11H19NO3. The molecule has 1 unspecified atom stereocenters. The Balaban J connectivity index is 2.56. The van der Waals surface area contributed by atoms with Gasteiger partial charge in [0.15, 0.2) is 0 Å². The second kappa shape index (κ2) is 4.21. The maximum absolute atomic E-state index is 11.9. The SMILES string of the molecule is CCCN(CC(=O)O)C(=O)C1CC1(C)C. The number of carbonyl (C=O) groups is 2. The van der Waals surface area contributed by atoms with E-state index in [1.54, 1.807) is 0 Å². The van der Waals surface area contributed by atoms with E-state index in [1.807, 2.05) is 20.8 Å². The Kier molecular flexibility index (Phi) is 3.37. The topological polar surface area (TPSA) is 57.6 Å². The van der Waals surface area contributed by atoms with Gasteiger partial charge in [-0.2, -0.15) is 0 Å². The number of nitrogens with zero attached hydrogens (tertiary/aromatic N) is 1. The van der Waals surface area contributed by atoms with Crippen molar-refractivity contribution in [2.45, 2.75) is 33.6 Å². The second-order valence-corrected chi connectivity index (χ2v) is 4.90. The van der Waals surface area contributed by atoms with E-state index in [1.165, 1.54) is 4.90 Å². The molecule has 0 aliphatic heterocycles. The summed E-state index contributed by atoms with van der Waals surface area (Å²) in [5, 5.41) is 8.70. The zero-order chi connectivity index (χ0) is 11.6. The van der Waals surface area contributed by atoms with Crippen molar-refractivity contribution in [3.63, 3.8) is 0 Å². The van der Waals surface area contributed by atoms with Crippen molar-refractivity contribution >= 4 is 11.9 Å². The van der Waals surface area contributed by atoms with Crippen LogP contribution < -0.4 is 0 Å². The molecule has 4 nitrogen and oxygen atoms in total. The lowest BCUT2D eigenvalue weighted by Crippen LogP contribution is -2.38. The lowest BCUT2D eigenvalue weighted by atomic mass is 10.1. The van der Waals surface area contributed by atoms with Crippen LogP contribution in [0.1, 0.15) is 33.6 Å². The molecule has 4 heteroatoms. The first kappa shape index (κ1) is 12.0. The van der Waals surface area contributed by atoms with Crippen LogP contribution in [0, 0.1) is 11.3 Å².